The van der Waals surface area contributed by atoms with Gasteiger partial charge in [0.25, 0.3) is 0 Å². The Balaban J connectivity index is 1.58. The van der Waals surface area contributed by atoms with Gasteiger partial charge in [-0.3, -0.25) is 4.79 Å². The van der Waals surface area contributed by atoms with Crippen molar-refractivity contribution >= 4 is 28.9 Å². The molecular formula is C19H22ClN3O. The first-order valence-corrected chi connectivity index (χ1v) is 8.60. The molecule has 1 heterocycles. The van der Waals surface area contributed by atoms with Crippen molar-refractivity contribution in [3.8, 4) is 0 Å². The molecule has 0 aliphatic carbocycles. The molecular weight excluding hydrogens is 322 g/mol. The van der Waals surface area contributed by atoms with Crippen LogP contribution in [0.3, 0.4) is 0 Å². The van der Waals surface area contributed by atoms with Crippen LogP contribution in [0.2, 0.25) is 5.02 Å². The summed E-state index contributed by atoms with van der Waals surface area (Å²) in [6, 6.07) is 15.7. The topological polar surface area (TPSA) is 53.2 Å². The Hall–Kier alpha value is -2.04. The van der Waals surface area contributed by atoms with Gasteiger partial charge in [0.1, 0.15) is 0 Å². The fraction of sp³-hybridized carbons (Fsp3) is 0.316. The molecule has 5 heteroatoms. The number of carbonyl (C=O) groups is 1. The van der Waals surface area contributed by atoms with Gasteiger partial charge in [-0.25, -0.2) is 0 Å². The fourth-order valence-corrected chi connectivity index (χ4v) is 2.91. The summed E-state index contributed by atoms with van der Waals surface area (Å²) in [4.78, 5) is 12.3. The number of amides is 1. The molecule has 1 amide bonds. The molecule has 1 aliphatic heterocycles. The molecule has 1 atom stereocenters. The molecule has 3 rings (SSSR count). The van der Waals surface area contributed by atoms with E-state index in [1.165, 1.54) is 5.56 Å². The lowest BCUT2D eigenvalue weighted by Gasteiger charge is -2.31. The van der Waals surface area contributed by atoms with E-state index in [0.29, 0.717) is 17.5 Å². The number of hydrogen-bond donors (Lipinski definition) is 3. The van der Waals surface area contributed by atoms with Crippen LogP contribution in [-0.2, 0) is 11.3 Å². The second kappa shape index (κ2) is 7.69. The minimum absolute atomic E-state index is 0.000840. The van der Waals surface area contributed by atoms with Crippen molar-refractivity contribution in [1.82, 2.24) is 5.32 Å². The van der Waals surface area contributed by atoms with Crippen LogP contribution in [0.25, 0.3) is 0 Å². The number of anilines is 2. The third kappa shape index (κ3) is 4.08. The van der Waals surface area contributed by atoms with E-state index in [-0.39, 0.29) is 11.8 Å². The van der Waals surface area contributed by atoms with Crippen LogP contribution in [0, 0.1) is 11.8 Å². The Morgan fingerprint density at radius 3 is 2.62 bits per heavy atom. The van der Waals surface area contributed by atoms with E-state index in [2.05, 4.69) is 28.1 Å². The lowest BCUT2D eigenvalue weighted by Crippen LogP contribution is -2.48. The van der Waals surface area contributed by atoms with Crippen LogP contribution in [0.4, 0.5) is 11.4 Å². The first-order chi connectivity index (χ1) is 11.6. The average molecular weight is 344 g/mol. The first-order valence-electron chi connectivity index (χ1n) is 8.22. The molecule has 2 aromatic rings. The quantitative estimate of drug-likeness (QED) is 0.748. The van der Waals surface area contributed by atoms with Crippen molar-refractivity contribution in [2.75, 3.05) is 23.7 Å². The van der Waals surface area contributed by atoms with Gasteiger partial charge < -0.3 is 16.0 Å². The smallest absolute Gasteiger partial charge is 0.227 e. The molecule has 1 fully saturated rings. The van der Waals surface area contributed by atoms with Crippen molar-refractivity contribution in [2.45, 2.75) is 13.5 Å². The van der Waals surface area contributed by atoms with E-state index in [9.17, 15) is 4.79 Å². The Kier molecular flexibility index (Phi) is 5.38. The van der Waals surface area contributed by atoms with E-state index in [4.69, 9.17) is 11.6 Å². The zero-order chi connectivity index (χ0) is 16.9. The molecule has 0 aromatic heterocycles. The van der Waals surface area contributed by atoms with Crippen molar-refractivity contribution < 1.29 is 4.79 Å². The second-order valence-electron chi connectivity index (χ2n) is 6.23. The highest BCUT2D eigenvalue weighted by Gasteiger charge is 2.28. The Bertz CT molecular complexity index is 701. The SMILES string of the molecule is CC(C(=O)Nc1ccc(NCc2ccccc2)c(Cl)c1)C1CNC1. The van der Waals surface area contributed by atoms with Gasteiger partial charge in [-0.05, 0) is 42.8 Å². The van der Waals surface area contributed by atoms with Gasteiger partial charge in [0.2, 0.25) is 5.91 Å². The molecule has 1 aliphatic rings. The van der Waals surface area contributed by atoms with E-state index in [0.717, 1.165) is 24.5 Å². The predicted octanol–water partition coefficient (Wildman–Crippen LogP) is 3.75. The second-order valence-corrected chi connectivity index (χ2v) is 6.64. The molecule has 24 heavy (non-hydrogen) atoms. The molecule has 4 nitrogen and oxygen atoms in total. The number of rotatable bonds is 6. The fourth-order valence-electron chi connectivity index (χ4n) is 2.66. The van der Waals surface area contributed by atoms with Crippen molar-refractivity contribution in [1.29, 1.82) is 0 Å². The first kappa shape index (κ1) is 16.8. The maximum absolute atomic E-state index is 12.3. The summed E-state index contributed by atoms with van der Waals surface area (Å²) in [5, 5.41) is 10.1. The standard InChI is InChI=1S/C19H22ClN3O/c1-13(15-11-21-12-15)19(24)23-16-7-8-18(17(20)9-16)22-10-14-5-3-2-4-6-14/h2-9,13,15,21-22H,10-12H2,1H3,(H,23,24). The molecule has 3 N–H and O–H groups in total. The number of benzene rings is 2. The van der Waals surface area contributed by atoms with Crippen LogP contribution < -0.4 is 16.0 Å². The summed E-state index contributed by atoms with van der Waals surface area (Å²) in [6.45, 7) is 4.51. The minimum atomic E-state index is 0.000840. The summed E-state index contributed by atoms with van der Waals surface area (Å²) >= 11 is 6.34. The maximum Gasteiger partial charge on any atom is 0.227 e. The summed E-state index contributed by atoms with van der Waals surface area (Å²) < 4.78 is 0. The third-order valence-electron chi connectivity index (χ3n) is 4.50. The number of halogens is 1. The Morgan fingerprint density at radius 1 is 1.25 bits per heavy atom. The van der Waals surface area contributed by atoms with Crippen molar-refractivity contribution in [2.24, 2.45) is 11.8 Å². The van der Waals surface area contributed by atoms with Crippen LogP contribution in [-0.4, -0.2) is 19.0 Å². The zero-order valence-electron chi connectivity index (χ0n) is 13.7. The van der Waals surface area contributed by atoms with Crippen LogP contribution in [0.5, 0.6) is 0 Å². The van der Waals surface area contributed by atoms with Crippen LogP contribution in [0.1, 0.15) is 12.5 Å². The lowest BCUT2D eigenvalue weighted by atomic mass is 9.88. The largest absolute Gasteiger partial charge is 0.380 e. The van der Waals surface area contributed by atoms with Gasteiger partial charge >= 0.3 is 0 Å². The van der Waals surface area contributed by atoms with Gasteiger partial charge in [-0.2, -0.15) is 0 Å². The normalized spacial score (nSPS) is 15.4. The highest BCUT2D eigenvalue weighted by atomic mass is 35.5. The maximum atomic E-state index is 12.3. The van der Waals surface area contributed by atoms with Crippen molar-refractivity contribution in [3.05, 3.63) is 59.1 Å². The molecule has 0 saturated carbocycles. The molecule has 2 aromatic carbocycles. The van der Waals surface area contributed by atoms with Gasteiger partial charge in [-0.15, -0.1) is 0 Å². The highest BCUT2D eigenvalue weighted by molar-refractivity contribution is 6.33. The van der Waals surface area contributed by atoms with Gasteiger partial charge in [-0.1, -0.05) is 48.9 Å². The monoisotopic (exact) mass is 343 g/mol. The predicted molar refractivity (Wildman–Crippen MR) is 99.4 cm³/mol. The van der Waals surface area contributed by atoms with Gasteiger partial charge in [0.15, 0.2) is 0 Å². The Labute approximate surface area is 147 Å². The molecule has 126 valence electrons. The van der Waals surface area contributed by atoms with E-state index in [1.807, 2.05) is 37.3 Å². The third-order valence-corrected chi connectivity index (χ3v) is 4.81. The number of hydrogen-bond acceptors (Lipinski definition) is 3. The van der Waals surface area contributed by atoms with Crippen LogP contribution >= 0.6 is 11.6 Å². The molecule has 0 spiro atoms. The molecule has 0 bridgehead atoms. The Morgan fingerprint density at radius 2 is 2.00 bits per heavy atom. The summed E-state index contributed by atoms with van der Waals surface area (Å²) in [6.07, 6.45) is 0. The van der Waals surface area contributed by atoms with E-state index in [1.54, 1.807) is 6.07 Å². The molecule has 1 saturated heterocycles. The summed E-state index contributed by atoms with van der Waals surface area (Å²) in [5.41, 5.74) is 2.78. The zero-order valence-corrected chi connectivity index (χ0v) is 14.4. The minimum Gasteiger partial charge on any atom is -0.380 e. The molecule has 1 unspecified atom stereocenters. The van der Waals surface area contributed by atoms with Gasteiger partial charge in [0, 0.05) is 18.2 Å². The van der Waals surface area contributed by atoms with E-state index >= 15 is 0 Å². The van der Waals surface area contributed by atoms with Crippen LogP contribution in [0.15, 0.2) is 48.5 Å². The van der Waals surface area contributed by atoms with Crippen molar-refractivity contribution in [3.63, 3.8) is 0 Å². The summed E-state index contributed by atoms with van der Waals surface area (Å²) in [7, 11) is 0. The number of nitrogens with one attached hydrogen (secondary N) is 3. The molecule has 0 radical (unpaired) electrons. The number of carbonyl (C=O) groups excluding carboxylic acids is 1. The summed E-state index contributed by atoms with van der Waals surface area (Å²) in [5.74, 6) is 0.468. The average Bonchev–Trinajstić information content (AvgIpc) is 2.53. The van der Waals surface area contributed by atoms with Gasteiger partial charge in [0.05, 0.1) is 10.7 Å². The highest BCUT2D eigenvalue weighted by Crippen LogP contribution is 2.27. The van der Waals surface area contributed by atoms with E-state index < -0.39 is 0 Å². The lowest BCUT2D eigenvalue weighted by molar-refractivity contribution is -0.121.